The SMILES string of the molecule is CCCCN(C(=O)c1cc(C)ccc1F)C1CC1. The molecule has 3 heteroatoms. The maximum Gasteiger partial charge on any atom is 0.257 e. The molecule has 1 aliphatic rings. The van der Waals surface area contributed by atoms with E-state index in [1.54, 1.807) is 12.1 Å². The summed E-state index contributed by atoms with van der Waals surface area (Å²) >= 11 is 0. The van der Waals surface area contributed by atoms with Crippen LogP contribution in [0.2, 0.25) is 0 Å². The number of unbranched alkanes of at least 4 members (excludes halogenated alkanes) is 1. The van der Waals surface area contributed by atoms with Crippen LogP contribution in [-0.4, -0.2) is 23.4 Å². The van der Waals surface area contributed by atoms with Crippen LogP contribution in [0.25, 0.3) is 0 Å². The first-order valence-electron chi connectivity index (χ1n) is 6.70. The molecule has 1 amide bonds. The Hall–Kier alpha value is -1.38. The van der Waals surface area contributed by atoms with Crippen molar-refractivity contribution in [3.8, 4) is 0 Å². The van der Waals surface area contributed by atoms with Gasteiger partial charge in [0.15, 0.2) is 0 Å². The van der Waals surface area contributed by atoms with Crippen LogP contribution in [0.3, 0.4) is 0 Å². The quantitative estimate of drug-likeness (QED) is 0.781. The first-order chi connectivity index (χ1) is 8.63. The number of halogens is 1. The molecule has 0 N–H and O–H groups in total. The summed E-state index contributed by atoms with van der Waals surface area (Å²) in [6, 6.07) is 5.07. The third kappa shape index (κ3) is 2.89. The molecule has 0 radical (unpaired) electrons. The monoisotopic (exact) mass is 249 g/mol. The van der Waals surface area contributed by atoms with E-state index in [1.807, 2.05) is 11.8 Å². The Morgan fingerprint density at radius 3 is 2.78 bits per heavy atom. The van der Waals surface area contributed by atoms with Gasteiger partial charge in [-0.2, -0.15) is 0 Å². The summed E-state index contributed by atoms with van der Waals surface area (Å²) in [6.07, 6.45) is 4.15. The Balaban J connectivity index is 2.19. The van der Waals surface area contributed by atoms with Crippen LogP contribution >= 0.6 is 0 Å². The van der Waals surface area contributed by atoms with Gasteiger partial charge in [0.05, 0.1) is 5.56 Å². The zero-order chi connectivity index (χ0) is 13.1. The van der Waals surface area contributed by atoms with E-state index in [-0.39, 0.29) is 11.5 Å². The molecule has 0 aromatic heterocycles. The fraction of sp³-hybridized carbons (Fsp3) is 0.533. The summed E-state index contributed by atoms with van der Waals surface area (Å²) in [6.45, 7) is 4.72. The fourth-order valence-corrected chi connectivity index (χ4v) is 2.12. The van der Waals surface area contributed by atoms with E-state index in [0.717, 1.165) is 37.8 Å². The lowest BCUT2D eigenvalue weighted by molar-refractivity contribution is 0.0736. The van der Waals surface area contributed by atoms with E-state index in [9.17, 15) is 9.18 Å². The Kier molecular flexibility index (Phi) is 4.00. The van der Waals surface area contributed by atoms with Crippen molar-refractivity contribution >= 4 is 5.91 Å². The van der Waals surface area contributed by atoms with Crippen molar-refractivity contribution in [1.82, 2.24) is 4.90 Å². The average molecular weight is 249 g/mol. The normalized spacial score (nSPS) is 14.6. The highest BCUT2D eigenvalue weighted by Crippen LogP contribution is 2.29. The molecular formula is C15H20FNO. The number of carbonyl (C=O) groups excluding carboxylic acids is 1. The molecule has 0 atom stereocenters. The highest BCUT2D eigenvalue weighted by Gasteiger charge is 2.33. The second-order valence-corrected chi connectivity index (χ2v) is 5.07. The molecule has 0 unspecified atom stereocenters. The molecular weight excluding hydrogens is 229 g/mol. The zero-order valence-electron chi connectivity index (χ0n) is 11.1. The van der Waals surface area contributed by atoms with Gasteiger partial charge < -0.3 is 4.90 Å². The van der Waals surface area contributed by atoms with E-state index >= 15 is 0 Å². The molecule has 1 aliphatic carbocycles. The molecule has 2 nitrogen and oxygen atoms in total. The molecule has 1 aromatic carbocycles. The minimum absolute atomic E-state index is 0.146. The maximum absolute atomic E-state index is 13.7. The van der Waals surface area contributed by atoms with Gasteiger partial charge >= 0.3 is 0 Å². The van der Waals surface area contributed by atoms with Crippen molar-refractivity contribution in [1.29, 1.82) is 0 Å². The van der Waals surface area contributed by atoms with Gasteiger partial charge in [-0.25, -0.2) is 4.39 Å². The predicted octanol–water partition coefficient (Wildman–Crippen LogP) is 3.54. The Morgan fingerprint density at radius 1 is 1.44 bits per heavy atom. The van der Waals surface area contributed by atoms with Crippen LogP contribution in [0.4, 0.5) is 4.39 Å². The van der Waals surface area contributed by atoms with Crippen molar-refractivity contribution in [3.63, 3.8) is 0 Å². The summed E-state index contributed by atoms with van der Waals surface area (Å²) in [7, 11) is 0. The summed E-state index contributed by atoms with van der Waals surface area (Å²) in [5.41, 5.74) is 1.14. The molecule has 1 fully saturated rings. The largest absolute Gasteiger partial charge is 0.336 e. The molecule has 2 rings (SSSR count). The van der Waals surface area contributed by atoms with E-state index in [0.29, 0.717) is 6.04 Å². The van der Waals surface area contributed by atoms with Crippen molar-refractivity contribution < 1.29 is 9.18 Å². The fourth-order valence-electron chi connectivity index (χ4n) is 2.12. The van der Waals surface area contributed by atoms with Crippen LogP contribution in [0.15, 0.2) is 18.2 Å². The van der Waals surface area contributed by atoms with Gasteiger partial charge in [-0.3, -0.25) is 4.79 Å². The van der Waals surface area contributed by atoms with Crippen molar-refractivity contribution in [2.24, 2.45) is 0 Å². The lowest BCUT2D eigenvalue weighted by Crippen LogP contribution is -2.34. The van der Waals surface area contributed by atoms with Gasteiger partial charge in [0, 0.05) is 12.6 Å². The molecule has 0 bridgehead atoms. The van der Waals surface area contributed by atoms with E-state index in [1.165, 1.54) is 6.07 Å². The van der Waals surface area contributed by atoms with Crippen LogP contribution < -0.4 is 0 Å². The van der Waals surface area contributed by atoms with Crippen LogP contribution in [0.5, 0.6) is 0 Å². The van der Waals surface area contributed by atoms with Gasteiger partial charge in [0.25, 0.3) is 5.91 Å². The number of aryl methyl sites for hydroxylation is 1. The molecule has 0 aliphatic heterocycles. The third-order valence-electron chi connectivity index (χ3n) is 3.35. The molecule has 18 heavy (non-hydrogen) atoms. The van der Waals surface area contributed by atoms with Crippen molar-refractivity contribution in [2.45, 2.75) is 45.6 Å². The highest BCUT2D eigenvalue weighted by molar-refractivity contribution is 5.95. The number of hydrogen-bond acceptors (Lipinski definition) is 1. The molecule has 0 spiro atoms. The first-order valence-corrected chi connectivity index (χ1v) is 6.70. The number of carbonyl (C=O) groups is 1. The summed E-state index contributed by atoms with van der Waals surface area (Å²) in [4.78, 5) is 14.2. The molecule has 0 saturated heterocycles. The van der Waals surface area contributed by atoms with E-state index in [4.69, 9.17) is 0 Å². The number of hydrogen-bond donors (Lipinski definition) is 0. The minimum Gasteiger partial charge on any atom is -0.336 e. The summed E-state index contributed by atoms with van der Waals surface area (Å²) in [5.74, 6) is -0.556. The Labute approximate surface area is 108 Å². The zero-order valence-corrected chi connectivity index (χ0v) is 11.1. The molecule has 1 saturated carbocycles. The molecule has 98 valence electrons. The standard InChI is InChI=1S/C15H20FNO/c1-3-4-9-17(12-6-7-12)15(18)13-10-11(2)5-8-14(13)16/h5,8,10,12H,3-4,6-7,9H2,1-2H3. The van der Waals surface area contributed by atoms with Crippen LogP contribution in [0, 0.1) is 12.7 Å². The Bertz CT molecular complexity index is 440. The average Bonchev–Trinajstić information content (AvgIpc) is 3.17. The van der Waals surface area contributed by atoms with Gasteiger partial charge in [-0.05, 0) is 38.3 Å². The summed E-state index contributed by atoms with van der Waals surface area (Å²) in [5, 5.41) is 0. The molecule has 0 heterocycles. The minimum atomic E-state index is -0.409. The lowest BCUT2D eigenvalue weighted by atomic mass is 10.1. The Morgan fingerprint density at radius 2 is 2.17 bits per heavy atom. The lowest BCUT2D eigenvalue weighted by Gasteiger charge is -2.22. The van der Waals surface area contributed by atoms with E-state index < -0.39 is 5.82 Å². The van der Waals surface area contributed by atoms with Gasteiger partial charge in [0.2, 0.25) is 0 Å². The number of benzene rings is 1. The van der Waals surface area contributed by atoms with Crippen molar-refractivity contribution in [3.05, 3.63) is 35.1 Å². The van der Waals surface area contributed by atoms with Crippen LogP contribution in [-0.2, 0) is 0 Å². The molecule has 1 aromatic rings. The van der Waals surface area contributed by atoms with Gasteiger partial charge in [0.1, 0.15) is 5.82 Å². The van der Waals surface area contributed by atoms with Crippen LogP contribution in [0.1, 0.15) is 48.5 Å². The smallest absolute Gasteiger partial charge is 0.257 e. The van der Waals surface area contributed by atoms with Crippen molar-refractivity contribution in [2.75, 3.05) is 6.54 Å². The number of amides is 1. The topological polar surface area (TPSA) is 20.3 Å². The van der Waals surface area contributed by atoms with E-state index in [2.05, 4.69) is 6.92 Å². The second kappa shape index (κ2) is 5.51. The van der Waals surface area contributed by atoms with Gasteiger partial charge in [-0.1, -0.05) is 25.0 Å². The summed E-state index contributed by atoms with van der Waals surface area (Å²) < 4.78 is 13.7. The van der Waals surface area contributed by atoms with Gasteiger partial charge in [-0.15, -0.1) is 0 Å². The number of rotatable bonds is 5. The highest BCUT2D eigenvalue weighted by atomic mass is 19.1. The maximum atomic E-state index is 13.7. The number of nitrogens with zero attached hydrogens (tertiary/aromatic N) is 1. The predicted molar refractivity (Wildman–Crippen MR) is 70.1 cm³/mol. The second-order valence-electron chi connectivity index (χ2n) is 5.07. The third-order valence-corrected chi connectivity index (χ3v) is 3.35. The first kappa shape index (κ1) is 13.1.